The van der Waals surface area contributed by atoms with Crippen molar-refractivity contribution in [1.82, 2.24) is 10.3 Å². The Balaban J connectivity index is 0.00000216. The predicted octanol–water partition coefficient (Wildman–Crippen LogP) is 9.19. The van der Waals surface area contributed by atoms with Crippen molar-refractivity contribution in [1.29, 1.82) is 0 Å². The summed E-state index contributed by atoms with van der Waals surface area (Å²) in [5.74, 6) is 0.799. The number of terminal acetylenes is 1. The Bertz CT molecular complexity index is 1470. The van der Waals surface area contributed by atoms with Crippen LogP contribution in [0.1, 0.15) is 42.9 Å². The van der Waals surface area contributed by atoms with Crippen molar-refractivity contribution in [3.8, 4) is 23.3 Å². The number of benzene rings is 1. The fraction of sp³-hybridized carbons (Fsp3) is 0.206. The van der Waals surface area contributed by atoms with Crippen LogP contribution < -0.4 is 10.6 Å². The maximum atomic E-state index is 15.7. The number of halogens is 2. The van der Waals surface area contributed by atoms with E-state index in [-0.39, 0.29) is 17.4 Å². The second-order valence-electron chi connectivity index (χ2n) is 9.45. The van der Waals surface area contributed by atoms with Gasteiger partial charge in [-0.05, 0) is 79.7 Å². The van der Waals surface area contributed by atoms with Gasteiger partial charge in [-0.2, -0.15) is 4.39 Å². The highest BCUT2D eigenvalue weighted by Gasteiger charge is 2.21. The molecule has 0 atom stereocenters. The van der Waals surface area contributed by atoms with E-state index in [1.165, 1.54) is 12.5 Å². The van der Waals surface area contributed by atoms with E-state index in [4.69, 9.17) is 0 Å². The third kappa shape index (κ3) is 7.25. The number of thiophene rings is 1. The molecule has 3 aromatic rings. The van der Waals surface area contributed by atoms with Crippen molar-refractivity contribution in [2.24, 2.45) is 5.92 Å². The second kappa shape index (κ2) is 14.3. The molecule has 0 amide bonds. The zero-order valence-corrected chi connectivity index (χ0v) is 23.9. The first-order valence-electron chi connectivity index (χ1n) is 13.0. The van der Waals surface area contributed by atoms with Crippen molar-refractivity contribution >= 4 is 22.7 Å². The Morgan fingerprint density at radius 1 is 1.15 bits per heavy atom. The molecule has 6 heteroatoms. The van der Waals surface area contributed by atoms with E-state index in [9.17, 15) is 4.39 Å². The van der Waals surface area contributed by atoms with E-state index >= 15 is 4.39 Å². The molecular weight excluding hydrogens is 520 g/mol. The van der Waals surface area contributed by atoms with Gasteiger partial charge in [0.25, 0.3) is 0 Å². The Hall–Kier alpha value is -4.21. The largest absolute Gasteiger partial charge is 0.359 e. The summed E-state index contributed by atoms with van der Waals surface area (Å²) in [6, 6.07) is 10.5. The molecule has 3 nitrogen and oxygen atoms in total. The van der Waals surface area contributed by atoms with Gasteiger partial charge in [-0.1, -0.05) is 50.4 Å². The summed E-state index contributed by atoms with van der Waals surface area (Å²) in [6.45, 7) is 16.0. The average Bonchev–Trinajstić information content (AvgIpc) is 3.35. The Morgan fingerprint density at radius 2 is 1.90 bits per heavy atom. The van der Waals surface area contributed by atoms with E-state index in [0.717, 1.165) is 57.1 Å². The summed E-state index contributed by atoms with van der Waals surface area (Å²) < 4.78 is 29.3. The normalized spacial score (nSPS) is 13.4. The lowest BCUT2D eigenvalue weighted by molar-refractivity contribution is 0.356. The number of hydrogen-bond donors (Lipinski definition) is 2. The fourth-order valence-electron chi connectivity index (χ4n) is 4.44. The first-order valence-corrected chi connectivity index (χ1v) is 13.9. The lowest BCUT2D eigenvalue weighted by atomic mass is 9.83. The molecule has 1 fully saturated rings. The molecule has 1 saturated carbocycles. The quantitative estimate of drug-likeness (QED) is 0.183. The van der Waals surface area contributed by atoms with E-state index in [1.54, 1.807) is 30.5 Å². The monoisotopic (exact) mass is 555 g/mol. The Kier molecular flexibility index (Phi) is 10.8. The second-order valence-corrected chi connectivity index (χ2v) is 10.5. The third-order valence-electron chi connectivity index (χ3n) is 6.88. The van der Waals surface area contributed by atoms with Crippen molar-refractivity contribution in [2.45, 2.75) is 39.5 Å². The molecule has 0 bridgehead atoms. The number of allylic oxidation sites excluding steroid dienone is 6. The van der Waals surface area contributed by atoms with Crippen molar-refractivity contribution in [3.05, 3.63) is 125 Å². The highest BCUT2D eigenvalue weighted by Crippen LogP contribution is 2.33. The van der Waals surface area contributed by atoms with E-state index in [2.05, 4.69) is 48.2 Å². The van der Waals surface area contributed by atoms with Gasteiger partial charge in [0.15, 0.2) is 5.13 Å². The van der Waals surface area contributed by atoms with Crippen molar-refractivity contribution < 1.29 is 8.78 Å². The van der Waals surface area contributed by atoms with Gasteiger partial charge in [0.1, 0.15) is 11.6 Å². The molecule has 0 spiro atoms. The molecule has 0 aliphatic heterocycles. The van der Waals surface area contributed by atoms with Gasteiger partial charge in [0, 0.05) is 45.7 Å². The SMILES string of the molecule is C#C.C=C/C(=C\C(=C/C)c1cccc(CC(=C)Nc2nccc(-c3ccc(F)s3)c2C)c1F)NC(=C)C1CCC1. The molecule has 40 heavy (non-hydrogen) atoms. The average molecular weight is 556 g/mol. The summed E-state index contributed by atoms with van der Waals surface area (Å²) in [5.41, 5.74) is 5.92. The van der Waals surface area contributed by atoms with E-state index in [0.29, 0.717) is 28.6 Å². The number of rotatable bonds is 11. The topological polar surface area (TPSA) is 37.0 Å². The maximum absolute atomic E-state index is 15.7. The van der Waals surface area contributed by atoms with E-state index in [1.807, 2.05) is 38.1 Å². The molecule has 0 radical (unpaired) electrons. The molecule has 2 heterocycles. The molecule has 2 N–H and O–H groups in total. The number of nitrogens with zero attached hydrogens (tertiary/aromatic N) is 1. The lowest BCUT2D eigenvalue weighted by Crippen LogP contribution is -2.23. The van der Waals surface area contributed by atoms with Crippen LogP contribution in [0.4, 0.5) is 14.6 Å². The maximum Gasteiger partial charge on any atom is 0.176 e. The van der Waals surface area contributed by atoms with Crippen LogP contribution in [0, 0.1) is 36.6 Å². The summed E-state index contributed by atoms with van der Waals surface area (Å²) in [5, 5.41) is 6.35. The van der Waals surface area contributed by atoms with Crippen molar-refractivity contribution in [3.63, 3.8) is 0 Å². The first-order chi connectivity index (χ1) is 19.3. The fourth-order valence-corrected chi connectivity index (χ4v) is 5.26. The minimum atomic E-state index is -0.298. The molecule has 0 saturated heterocycles. The standard InChI is InChI=1S/C32H33F2N3S.C2H2/c1-6-23(19-26(7-2)37-22(5)24-10-8-11-24)28-13-9-12-25(31(28)34)18-20(3)36-32-21(4)27(16-17-35-32)29-14-15-30(33)38-29;1-2/h6-7,9,12-17,19,24,37H,2-3,5,8,10-11,18H2,1,4H3,(H,35,36);1-2H/b23-6+,26-19+;. The molecular formula is C34H35F2N3S. The summed E-state index contributed by atoms with van der Waals surface area (Å²) in [6.07, 6.45) is 19.0. The third-order valence-corrected chi connectivity index (χ3v) is 7.78. The van der Waals surface area contributed by atoms with Crippen LogP contribution in [0.3, 0.4) is 0 Å². The molecule has 2 aromatic heterocycles. The van der Waals surface area contributed by atoms with Crippen LogP contribution in [0.15, 0.2) is 97.7 Å². The zero-order chi connectivity index (χ0) is 29.2. The van der Waals surface area contributed by atoms with Gasteiger partial charge >= 0.3 is 0 Å². The van der Waals surface area contributed by atoms with Crippen LogP contribution in [0.2, 0.25) is 0 Å². The highest BCUT2D eigenvalue weighted by atomic mass is 32.1. The van der Waals surface area contributed by atoms with Crippen LogP contribution in [0.25, 0.3) is 16.0 Å². The van der Waals surface area contributed by atoms with Crippen LogP contribution >= 0.6 is 11.3 Å². The van der Waals surface area contributed by atoms with Crippen LogP contribution in [0.5, 0.6) is 0 Å². The molecule has 1 aliphatic rings. The van der Waals surface area contributed by atoms with Gasteiger partial charge in [-0.25, -0.2) is 9.37 Å². The number of anilines is 1. The molecule has 4 rings (SSSR count). The zero-order valence-electron chi connectivity index (χ0n) is 23.1. The lowest BCUT2D eigenvalue weighted by Gasteiger charge is -2.28. The minimum Gasteiger partial charge on any atom is -0.359 e. The summed E-state index contributed by atoms with van der Waals surface area (Å²) in [4.78, 5) is 5.25. The summed E-state index contributed by atoms with van der Waals surface area (Å²) in [7, 11) is 0. The van der Waals surface area contributed by atoms with Crippen LogP contribution in [-0.2, 0) is 6.42 Å². The number of pyridine rings is 1. The number of aromatic nitrogens is 1. The summed E-state index contributed by atoms with van der Waals surface area (Å²) >= 11 is 1.09. The van der Waals surface area contributed by atoms with Gasteiger partial charge in [-0.3, -0.25) is 0 Å². The molecule has 0 unspecified atom stereocenters. The molecule has 1 aliphatic carbocycles. The molecule has 1 aromatic carbocycles. The van der Waals surface area contributed by atoms with Gasteiger partial charge in [0.05, 0.1) is 0 Å². The highest BCUT2D eigenvalue weighted by molar-refractivity contribution is 7.13. The van der Waals surface area contributed by atoms with E-state index < -0.39 is 0 Å². The first kappa shape index (κ1) is 30.3. The van der Waals surface area contributed by atoms with Gasteiger partial charge in [-0.15, -0.1) is 24.2 Å². The molecule has 206 valence electrons. The van der Waals surface area contributed by atoms with Crippen molar-refractivity contribution in [2.75, 3.05) is 5.32 Å². The van der Waals surface area contributed by atoms with Gasteiger partial charge < -0.3 is 10.6 Å². The minimum absolute atomic E-state index is 0.236. The smallest absolute Gasteiger partial charge is 0.176 e. The van der Waals surface area contributed by atoms with Crippen LogP contribution in [-0.4, -0.2) is 4.98 Å². The Morgan fingerprint density at radius 3 is 2.50 bits per heavy atom. The number of hydrogen-bond acceptors (Lipinski definition) is 4. The number of nitrogens with one attached hydrogen (secondary N) is 2. The Labute approximate surface area is 240 Å². The van der Waals surface area contributed by atoms with Gasteiger partial charge in [0.2, 0.25) is 0 Å². The predicted molar refractivity (Wildman–Crippen MR) is 167 cm³/mol.